The van der Waals surface area contributed by atoms with E-state index in [0.717, 1.165) is 38.8 Å². The van der Waals surface area contributed by atoms with Gasteiger partial charge in [0.2, 0.25) is 0 Å². The average Bonchev–Trinajstić information content (AvgIpc) is 3.26. The summed E-state index contributed by atoms with van der Waals surface area (Å²) in [7, 11) is 6.07. The number of methoxy groups -OCH3 is 1. The number of ether oxygens (including phenoxy) is 6. The topological polar surface area (TPSA) is 82.2 Å². The van der Waals surface area contributed by atoms with Gasteiger partial charge in [-0.05, 0) is 64.1 Å². The Bertz CT molecular complexity index is 938. The first-order chi connectivity index (χ1) is 21.5. The highest BCUT2D eigenvalue weighted by Crippen LogP contribution is 2.49. The summed E-state index contributed by atoms with van der Waals surface area (Å²) in [5.41, 5.74) is 1.33. The van der Waals surface area contributed by atoms with Crippen molar-refractivity contribution >= 4 is 6.03 Å². The molecule has 1 aromatic rings. The number of amides is 2. The monoisotopic (exact) mass is 619 g/mol. The van der Waals surface area contributed by atoms with Crippen molar-refractivity contribution < 1.29 is 33.2 Å². The Kier molecular flexibility index (Phi) is 14.6. The molecule has 0 radical (unpaired) electrons. The van der Waals surface area contributed by atoms with Gasteiger partial charge in [-0.15, -0.1) is 0 Å². The predicted octanol–water partition coefficient (Wildman–Crippen LogP) is 4.02. The van der Waals surface area contributed by atoms with Crippen LogP contribution >= 0.6 is 0 Å². The fraction of sp³-hybridized carbons (Fsp3) is 0.794. The van der Waals surface area contributed by atoms with Crippen LogP contribution in [0.15, 0.2) is 30.3 Å². The zero-order chi connectivity index (χ0) is 31.1. The number of urea groups is 1. The molecule has 3 aliphatic rings. The second-order valence-corrected chi connectivity index (χ2v) is 12.7. The largest absolute Gasteiger partial charge is 0.382 e. The lowest BCUT2D eigenvalue weighted by molar-refractivity contribution is -0.0152. The summed E-state index contributed by atoms with van der Waals surface area (Å²) in [6.45, 7) is 8.28. The molecule has 4 rings (SSSR count). The van der Waals surface area contributed by atoms with Crippen LogP contribution in [-0.2, 0) is 34.0 Å². The van der Waals surface area contributed by atoms with E-state index < -0.39 is 0 Å². The molecule has 0 aromatic heterocycles. The highest BCUT2D eigenvalue weighted by atomic mass is 16.6. The van der Waals surface area contributed by atoms with Crippen LogP contribution in [0.2, 0.25) is 0 Å². The number of carbonyl (C=O) groups excluding carboxylic acids is 1. The predicted molar refractivity (Wildman–Crippen MR) is 170 cm³/mol. The maximum absolute atomic E-state index is 13.8. The molecule has 3 fully saturated rings. The summed E-state index contributed by atoms with van der Waals surface area (Å²) < 4.78 is 32.8. The minimum Gasteiger partial charge on any atom is -0.382 e. The molecule has 1 aliphatic heterocycles. The Labute approximate surface area is 265 Å². The van der Waals surface area contributed by atoms with Gasteiger partial charge in [0.1, 0.15) is 0 Å². The van der Waals surface area contributed by atoms with Crippen molar-refractivity contribution in [2.45, 2.75) is 56.0 Å². The second-order valence-electron chi connectivity index (χ2n) is 12.7. The Morgan fingerprint density at radius 1 is 0.750 bits per heavy atom. The van der Waals surface area contributed by atoms with E-state index in [1.54, 1.807) is 7.11 Å². The molecule has 44 heavy (non-hydrogen) atoms. The number of benzene rings is 1. The molecule has 0 bridgehead atoms. The van der Waals surface area contributed by atoms with E-state index in [0.29, 0.717) is 85.1 Å². The first-order valence-electron chi connectivity index (χ1n) is 16.7. The molecule has 10 heteroatoms. The van der Waals surface area contributed by atoms with Crippen LogP contribution in [0, 0.1) is 5.92 Å². The van der Waals surface area contributed by atoms with Crippen molar-refractivity contribution in [3.63, 3.8) is 0 Å². The summed E-state index contributed by atoms with van der Waals surface area (Å²) in [6.07, 6.45) is 7.96. The number of nitrogens with zero attached hydrogens (tertiary/aromatic N) is 3. The SMILES string of the molecule is COCCOCCOCCOCCOCCOCCN1C[C@]2(CC[C@@](c3ccccc3)(N(C)C)CC2)N(CC2CCC2)C1=O. The fourth-order valence-electron chi connectivity index (χ4n) is 6.86. The summed E-state index contributed by atoms with van der Waals surface area (Å²) in [6, 6.07) is 11.1. The van der Waals surface area contributed by atoms with Gasteiger partial charge in [0.25, 0.3) is 0 Å². The van der Waals surface area contributed by atoms with Gasteiger partial charge < -0.3 is 38.2 Å². The molecule has 2 saturated carbocycles. The van der Waals surface area contributed by atoms with Crippen molar-refractivity contribution in [1.29, 1.82) is 0 Å². The molecular formula is C34H57N3O7. The van der Waals surface area contributed by atoms with Gasteiger partial charge >= 0.3 is 6.03 Å². The van der Waals surface area contributed by atoms with Gasteiger partial charge in [-0.2, -0.15) is 0 Å². The lowest BCUT2D eigenvalue weighted by Gasteiger charge is -2.51. The van der Waals surface area contributed by atoms with Crippen LogP contribution in [0.3, 0.4) is 0 Å². The number of carbonyl (C=O) groups is 1. The lowest BCUT2D eigenvalue weighted by Crippen LogP contribution is -2.56. The van der Waals surface area contributed by atoms with E-state index in [1.807, 2.05) is 4.90 Å². The molecule has 1 aromatic carbocycles. The Morgan fingerprint density at radius 3 is 1.75 bits per heavy atom. The average molecular weight is 620 g/mol. The van der Waals surface area contributed by atoms with Crippen LogP contribution in [-0.4, -0.2) is 140 Å². The molecule has 10 nitrogen and oxygen atoms in total. The first kappa shape index (κ1) is 35.1. The molecule has 0 unspecified atom stereocenters. The molecule has 1 saturated heterocycles. The van der Waals surface area contributed by atoms with E-state index in [-0.39, 0.29) is 17.1 Å². The second kappa shape index (κ2) is 18.4. The third kappa shape index (κ3) is 9.61. The van der Waals surface area contributed by atoms with E-state index >= 15 is 0 Å². The van der Waals surface area contributed by atoms with E-state index in [1.165, 1.54) is 24.8 Å². The summed E-state index contributed by atoms with van der Waals surface area (Å²) >= 11 is 0. The van der Waals surface area contributed by atoms with Crippen molar-refractivity contribution in [3.8, 4) is 0 Å². The molecule has 0 atom stereocenters. The van der Waals surface area contributed by atoms with Crippen LogP contribution in [0.4, 0.5) is 4.79 Å². The van der Waals surface area contributed by atoms with Crippen molar-refractivity contribution in [2.75, 3.05) is 114 Å². The van der Waals surface area contributed by atoms with Crippen LogP contribution < -0.4 is 0 Å². The van der Waals surface area contributed by atoms with Gasteiger partial charge in [0.15, 0.2) is 0 Å². The molecule has 250 valence electrons. The molecule has 1 spiro atoms. The van der Waals surface area contributed by atoms with E-state index in [4.69, 9.17) is 28.4 Å². The van der Waals surface area contributed by atoms with Crippen molar-refractivity contribution in [3.05, 3.63) is 35.9 Å². The Balaban J connectivity index is 1.12. The van der Waals surface area contributed by atoms with Crippen molar-refractivity contribution in [2.24, 2.45) is 5.92 Å². The van der Waals surface area contributed by atoms with Gasteiger partial charge in [-0.25, -0.2) is 4.79 Å². The Hall–Kier alpha value is -1.79. The first-order valence-corrected chi connectivity index (χ1v) is 16.7. The Morgan fingerprint density at radius 2 is 1.27 bits per heavy atom. The number of hydrogen-bond acceptors (Lipinski definition) is 8. The molecule has 2 aliphatic carbocycles. The highest BCUT2D eigenvalue weighted by molar-refractivity contribution is 5.78. The smallest absolute Gasteiger partial charge is 0.320 e. The van der Waals surface area contributed by atoms with Gasteiger partial charge in [0, 0.05) is 32.3 Å². The summed E-state index contributed by atoms with van der Waals surface area (Å²) in [4.78, 5) is 20.5. The van der Waals surface area contributed by atoms with Gasteiger partial charge in [-0.1, -0.05) is 36.8 Å². The van der Waals surface area contributed by atoms with Crippen molar-refractivity contribution in [1.82, 2.24) is 14.7 Å². The molecule has 1 heterocycles. The number of rotatable bonds is 22. The molecule has 2 amide bonds. The van der Waals surface area contributed by atoms with Gasteiger partial charge in [-0.3, -0.25) is 4.90 Å². The maximum Gasteiger partial charge on any atom is 0.320 e. The molecular weight excluding hydrogens is 562 g/mol. The summed E-state index contributed by atoms with van der Waals surface area (Å²) in [5.74, 6) is 0.654. The maximum atomic E-state index is 13.8. The minimum absolute atomic E-state index is 0.0204. The van der Waals surface area contributed by atoms with Crippen LogP contribution in [0.5, 0.6) is 0 Å². The highest BCUT2D eigenvalue weighted by Gasteiger charge is 2.54. The van der Waals surface area contributed by atoms with Crippen LogP contribution in [0.1, 0.15) is 50.5 Å². The normalized spacial score (nSPS) is 24.1. The quantitative estimate of drug-likeness (QED) is 0.180. The van der Waals surface area contributed by atoms with Crippen LogP contribution in [0.25, 0.3) is 0 Å². The third-order valence-corrected chi connectivity index (χ3v) is 9.83. The third-order valence-electron chi connectivity index (χ3n) is 9.83. The zero-order valence-corrected chi connectivity index (χ0v) is 27.5. The van der Waals surface area contributed by atoms with E-state index in [2.05, 4.69) is 54.2 Å². The molecule has 0 N–H and O–H groups in total. The summed E-state index contributed by atoms with van der Waals surface area (Å²) in [5, 5.41) is 0. The van der Waals surface area contributed by atoms with Gasteiger partial charge in [0.05, 0.1) is 78.2 Å². The minimum atomic E-state index is -0.0764. The van der Waals surface area contributed by atoms with E-state index in [9.17, 15) is 4.79 Å². The number of hydrogen-bond donors (Lipinski definition) is 0. The fourth-order valence-corrected chi connectivity index (χ4v) is 6.86. The zero-order valence-electron chi connectivity index (χ0n) is 27.5. The standard InChI is InChI=1S/C34H57N3O7/c1-35(2)34(31-10-5-4-6-11-31)14-12-33(13-15-34)29-36(32(38)37(33)28-30-8-7-9-30)16-17-40-20-21-42-24-25-44-27-26-43-23-22-41-19-18-39-3/h4-6,10-11,30H,7-9,12-29H2,1-3H3/t33-,34-. The lowest BCUT2D eigenvalue weighted by atomic mass is 9.68.